The van der Waals surface area contributed by atoms with Gasteiger partial charge in [0.2, 0.25) is 5.95 Å². The Hall–Kier alpha value is -2.55. The van der Waals surface area contributed by atoms with Crippen LogP contribution in [0.4, 0.5) is 17.5 Å². The molecule has 0 aliphatic carbocycles. The number of nitrogens with zero attached hydrogens (tertiary/aromatic N) is 4. The molecule has 0 saturated carbocycles. The molecule has 0 aliphatic heterocycles. The smallest absolute Gasteiger partial charge is 0.262 e. The third-order valence-electron chi connectivity index (χ3n) is 3.50. The molecule has 0 spiro atoms. The Morgan fingerprint density at radius 3 is 2.32 bits per heavy atom. The fraction of sp³-hybridized carbons (Fsp3) is 0.375. The predicted octanol–water partition coefficient (Wildman–Crippen LogP) is 1.73. The summed E-state index contributed by atoms with van der Waals surface area (Å²) in [6.07, 6.45) is 1.46. The van der Waals surface area contributed by atoms with Gasteiger partial charge in [-0.2, -0.15) is 4.98 Å². The molecule has 0 fully saturated rings. The van der Waals surface area contributed by atoms with Crippen molar-refractivity contribution in [2.24, 2.45) is 0 Å². The number of nitrogens with one attached hydrogen (secondary N) is 1. The molecule has 0 unspecified atom stereocenters. The lowest BCUT2D eigenvalue weighted by Crippen LogP contribution is -2.21. The average molecular weight is 365 g/mol. The van der Waals surface area contributed by atoms with Crippen molar-refractivity contribution in [3.63, 3.8) is 0 Å². The molecule has 0 amide bonds. The van der Waals surface area contributed by atoms with Gasteiger partial charge in [-0.15, -0.1) is 0 Å². The highest BCUT2D eigenvalue weighted by Crippen LogP contribution is 2.27. The molecule has 1 aromatic carbocycles. The Labute approximate surface area is 148 Å². The summed E-state index contributed by atoms with van der Waals surface area (Å²) in [7, 11) is 4.98. The molecular formula is C16H23N5O3S. The molecule has 2 aromatic rings. The number of aromatic nitrogens is 2. The number of hydrogen-bond acceptors (Lipinski definition) is 7. The highest BCUT2D eigenvalue weighted by atomic mass is 32.2. The maximum absolute atomic E-state index is 12.7. The average Bonchev–Trinajstić information content (AvgIpc) is 2.54. The second-order valence-corrected chi connectivity index (χ2v) is 7.62. The van der Waals surface area contributed by atoms with Crippen LogP contribution < -0.4 is 19.3 Å². The molecule has 0 aliphatic rings. The fourth-order valence-corrected chi connectivity index (χ4v) is 3.34. The second kappa shape index (κ2) is 7.14. The Balaban J connectivity index is 2.42. The Morgan fingerprint density at radius 2 is 1.80 bits per heavy atom. The maximum atomic E-state index is 12.7. The van der Waals surface area contributed by atoms with Crippen LogP contribution in [-0.2, 0) is 10.0 Å². The van der Waals surface area contributed by atoms with Crippen LogP contribution in [0, 0.1) is 6.92 Å². The fourth-order valence-electron chi connectivity index (χ4n) is 2.21. The van der Waals surface area contributed by atoms with Crippen LogP contribution in [0.5, 0.6) is 5.75 Å². The minimum absolute atomic E-state index is 0.146. The predicted molar refractivity (Wildman–Crippen MR) is 99.2 cm³/mol. The van der Waals surface area contributed by atoms with Crippen molar-refractivity contribution in [2.75, 3.05) is 49.8 Å². The molecule has 0 radical (unpaired) electrons. The highest BCUT2D eigenvalue weighted by molar-refractivity contribution is 7.92. The van der Waals surface area contributed by atoms with E-state index in [1.807, 2.05) is 14.1 Å². The molecule has 1 aromatic heterocycles. The quantitative estimate of drug-likeness (QED) is 0.834. The topological polar surface area (TPSA) is 87.7 Å². The summed E-state index contributed by atoms with van der Waals surface area (Å²) >= 11 is 0. The zero-order chi connectivity index (χ0) is 18.8. The lowest BCUT2D eigenvalue weighted by molar-refractivity contribution is 0.411. The first kappa shape index (κ1) is 18.8. The lowest BCUT2D eigenvalue weighted by atomic mass is 10.2. The van der Waals surface area contributed by atoms with E-state index in [1.54, 1.807) is 50.1 Å². The van der Waals surface area contributed by atoms with Crippen LogP contribution in [0.25, 0.3) is 0 Å². The zero-order valence-corrected chi connectivity index (χ0v) is 16.0. The first-order valence-corrected chi connectivity index (χ1v) is 9.03. The Kier molecular flexibility index (Phi) is 5.36. The molecule has 0 bridgehead atoms. The van der Waals surface area contributed by atoms with Crippen molar-refractivity contribution in [1.82, 2.24) is 9.97 Å². The lowest BCUT2D eigenvalue weighted by Gasteiger charge is -2.20. The summed E-state index contributed by atoms with van der Waals surface area (Å²) in [5.41, 5.74) is 1.04. The van der Waals surface area contributed by atoms with Gasteiger partial charge >= 0.3 is 0 Å². The van der Waals surface area contributed by atoms with E-state index in [0.29, 0.717) is 23.2 Å². The van der Waals surface area contributed by atoms with E-state index in [4.69, 9.17) is 4.74 Å². The first-order valence-electron chi connectivity index (χ1n) is 7.55. The van der Waals surface area contributed by atoms with Crippen LogP contribution in [-0.4, -0.2) is 53.7 Å². The van der Waals surface area contributed by atoms with E-state index in [9.17, 15) is 8.42 Å². The summed E-state index contributed by atoms with van der Waals surface area (Å²) in [6, 6.07) is 4.69. The third kappa shape index (κ3) is 4.11. The Morgan fingerprint density at radius 1 is 1.12 bits per heavy atom. The van der Waals surface area contributed by atoms with Crippen LogP contribution in [0.1, 0.15) is 5.56 Å². The van der Waals surface area contributed by atoms with Gasteiger partial charge in [0.05, 0.1) is 18.2 Å². The van der Waals surface area contributed by atoms with E-state index in [-0.39, 0.29) is 4.90 Å². The normalized spacial score (nSPS) is 11.1. The Bertz CT molecular complexity index is 866. The molecule has 8 nitrogen and oxygen atoms in total. The van der Waals surface area contributed by atoms with Crippen molar-refractivity contribution in [3.8, 4) is 5.75 Å². The van der Waals surface area contributed by atoms with Gasteiger partial charge in [0.15, 0.2) is 5.82 Å². The molecule has 1 N–H and O–H groups in total. The van der Waals surface area contributed by atoms with Gasteiger partial charge in [0, 0.05) is 28.2 Å². The van der Waals surface area contributed by atoms with Gasteiger partial charge in [-0.25, -0.2) is 13.4 Å². The van der Waals surface area contributed by atoms with Gasteiger partial charge < -0.3 is 14.5 Å². The SMILES string of the molecule is COc1ccc(S(=O)(=O)Nc2cnc(N(C)C)nc2N(C)C)cc1C. The monoisotopic (exact) mass is 365 g/mol. The van der Waals surface area contributed by atoms with Crippen molar-refractivity contribution in [3.05, 3.63) is 30.0 Å². The number of methoxy groups -OCH3 is 1. The summed E-state index contributed by atoms with van der Waals surface area (Å²) < 4.78 is 33.2. The molecule has 0 saturated heterocycles. The van der Waals surface area contributed by atoms with Gasteiger partial charge in [-0.1, -0.05) is 0 Å². The standard InChI is InChI=1S/C16H23N5O3S/c1-11-9-12(7-8-14(11)24-6)25(22,23)19-13-10-17-16(21(4)5)18-15(13)20(2)3/h7-10,19H,1-6H3. The third-order valence-corrected chi connectivity index (χ3v) is 4.86. The van der Waals surface area contributed by atoms with Gasteiger partial charge in [-0.05, 0) is 30.7 Å². The van der Waals surface area contributed by atoms with Gasteiger partial charge in [-0.3, -0.25) is 4.72 Å². The van der Waals surface area contributed by atoms with E-state index in [2.05, 4.69) is 14.7 Å². The largest absolute Gasteiger partial charge is 0.496 e. The van der Waals surface area contributed by atoms with E-state index >= 15 is 0 Å². The second-order valence-electron chi connectivity index (χ2n) is 5.93. The number of anilines is 3. The van der Waals surface area contributed by atoms with Crippen molar-refractivity contribution in [2.45, 2.75) is 11.8 Å². The number of benzene rings is 1. The first-order chi connectivity index (χ1) is 11.7. The molecule has 1 heterocycles. The molecular weight excluding hydrogens is 342 g/mol. The number of hydrogen-bond donors (Lipinski definition) is 1. The number of rotatable bonds is 6. The summed E-state index contributed by atoms with van der Waals surface area (Å²) in [5, 5.41) is 0. The molecule has 0 atom stereocenters. The van der Waals surface area contributed by atoms with E-state index in [0.717, 1.165) is 5.56 Å². The van der Waals surface area contributed by atoms with E-state index in [1.165, 1.54) is 12.3 Å². The van der Waals surface area contributed by atoms with Crippen LogP contribution in [0.15, 0.2) is 29.3 Å². The van der Waals surface area contributed by atoms with Crippen LogP contribution >= 0.6 is 0 Å². The minimum Gasteiger partial charge on any atom is -0.496 e. The van der Waals surface area contributed by atoms with Gasteiger partial charge in [0.1, 0.15) is 11.4 Å². The van der Waals surface area contributed by atoms with Crippen molar-refractivity contribution in [1.29, 1.82) is 0 Å². The summed E-state index contributed by atoms with van der Waals surface area (Å²) in [5.74, 6) is 1.60. The number of aryl methyl sites for hydroxylation is 1. The maximum Gasteiger partial charge on any atom is 0.262 e. The van der Waals surface area contributed by atoms with Crippen molar-refractivity contribution < 1.29 is 13.2 Å². The molecule has 25 heavy (non-hydrogen) atoms. The summed E-state index contributed by atoms with van der Waals surface area (Å²) in [6.45, 7) is 1.79. The van der Waals surface area contributed by atoms with Crippen LogP contribution in [0.2, 0.25) is 0 Å². The zero-order valence-electron chi connectivity index (χ0n) is 15.2. The minimum atomic E-state index is -3.78. The highest BCUT2D eigenvalue weighted by Gasteiger charge is 2.20. The molecule has 2 rings (SSSR count). The molecule has 9 heteroatoms. The molecule has 136 valence electrons. The number of ether oxygens (including phenoxy) is 1. The van der Waals surface area contributed by atoms with E-state index < -0.39 is 10.0 Å². The van der Waals surface area contributed by atoms with Crippen molar-refractivity contribution >= 4 is 27.5 Å². The number of sulfonamides is 1. The van der Waals surface area contributed by atoms with Crippen LogP contribution in [0.3, 0.4) is 0 Å². The summed E-state index contributed by atoms with van der Waals surface area (Å²) in [4.78, 5) is 12.2. The van der Waals surface area contributed by atoms with Gasteiger partial charge in [0.25, 0.3) is 10.0 Å².